The van der Waals surface area contributed by atoms with Gasteiger partial charge in [-0.1, -0.05) is 166 Å². The van der Waals surface area contributed by atoms with E-state index in [4.69, 9.17) is 0 Å². The summed E-state index contributed by atoms with van der Waals surface area (Å²) in [4.78, 5) is 0. The number of allylic oxidation sites excluding steroid dienone is 4. The summed E-state index contributed by atoms with van der Waals surface area (Å²) in [5.74, 6) is 0. The molecule has 268 valence electrons. The van der Waals surface area contributed by atoms with Gasteiger partial charge in [-0.2, -0.15) is 11.1 Å². The zero-order chi connectivity index (χ0) is 34.1. The third-order valence-corrected chi connectivity index (χ3v) is 16.5. The third-order valence-electron chi connectivity index (χ3n) is 11.0. The summed E-state index contributed by atoms with van der Waals surface area (Å²) in [5, 5.41) is 4.19. The number of benzene rings is 5. The van der Waals surface area contributed by atoms with Crippen molar-refractivity contribution < 1.29 is 58.9 Å². The zero-order valence-corrected chi connectivity index (χ0v) is 36.8. The predicted molar refractivity (Wildman–Crippen MR) is 210 cm³/mol. The molecule has 0 radical (unpaired) electrons. The Kier molecular flexibility index (Phi) is 16.7. The quantitative estimate of drug-likeness (QED) is 0.112. The first kappa shape index (κ1) is 45.5. The molecule has 0 N–H and O–H groups in total. The Morgan fingerprint density at radius 2 is 0.885 bits per heavy atom. The molecule has 0 fully saturated rings. The smallest absolute Gasteiger partial charge is 1.00 e. The summed E-state index contributed by atoms with van der Waals surface area (Å²) in [6.45, 7) is 18.7. The average molecular weight is 798 g/mol. The van der Waals surface area contributed by atoms with Gasteiger partial charge in [-0.15, -0.1) is 6.92 Å². The number of hydrogen-bond acceptors (Lipinski definition) is 0. The van der Waals surface area contributed by atoms with Crippen molar-refractivity contribution in [3.63, 3.8) is 0 Å². The molecule has 2 unspecified atom stereocenters. The van der Waals surface area contributed by atoms with Crippen LogP contribution in [-0.4, -0.2) is 8.07 Å². The Morgan fingerprint density at radius 3 is 1.27 bits per heavy atom. The van der Waals surface area contributed by atoms with Crippen molar-refractivity contribution in [2.45, 2.75) is 86.1 Å². The summed E-state index contributed by atoms with van der Waals surface area (Å²) in [7, 11) is -2.91. The van der Waals surface area contributed by atoms with Gasteiger partial charge in [0.25, 0.3) is 0 Å². The van der Waals surface area contributed by atoms with Gasteiger partial charge in [-0.05, 0) is 88.5 Å². The van der Waals surface area contributed by atoms with Crippen LogP contribution in [0.1, 0.15) is 86.1 Å². The minimum absolute atomic E-state index is 0. The fraction of sp³-hybridized carbons (Fsp3) is 0.277. The molecule has 0 bridgehead atoms. The van der Waals surface area contributed by atoms with Crippen LogP contribution >= 0.6 is 0 Å². The standard InChI is InChI=1S/C47H51Si.3ClH.Ti/c1-9-38-24-39(10-2)29-45(28-38)48(44-22-33(3)21-34(4)23-44,47(8)32-35(5)36(6)37(47)7)46-30-42(25-40-17-13-11-14-18-40)27-43(31-46)26-41-19-15-12-16-20-41;;;;/h11-24,27-31H,9-10,25-26H2,1-8H3;3*1H;/q-1;;;;+4/p-3. The van der Waals surface area contributed by atoms with Crippen molar-refractivity contribution in [1.82, 2.24) is 0 Å². The van der Waals surface area contributed by atoms with Crippen LogP contribution < -0.4 is 52.8 Å². The van der Waals surface area contributed by atoms with E-state index >= 15 is 0 Å². The summed E-state index contributed by atoms with van der Waals surface area (Å²) < 4.78 is 0. The number of halogens is 3. The summed E-state index contributed by atoms with van der Waals surface area (Å²) in [5.41, 5.74) is 15.1. The van der Waals surface area contributed by atoms with Gasteiger partial charge in [0.1, 0.15) is 8.07 Å². The topological polar surface area (TPSA) is 0 Å². The molecule has 5 aromatic rings. The molecule has 0 nitrogen and oxygen atoms in total. The molecule has 0 spiro atoms. The van der Waals surface area contributed by atoms with Gasteiger partial charge < -0.3 is 37.2 Å². The van der Waals surface area contributed by atoms with Crippen molar-refractivity contribution in [2.75, 3.05) is 0 Å². The van der Waals surface area contributed by atoms with E-state index in [1.165, 1.54) is 76.8 Å². The van der Waals surface area contributed by atoms with Crippen molar-refractivity contribution in [1.29, 1.82) is 0 Å². The van der Waals surface area contributed by atoms with Gasteiger partial charge in [-0.3, -0.25) is 6.08 Å². The van der Waals surface area contributed by atoms with Crippen LogP contribution in [0.3, 0.4) is 0 Å². The first-order valence-corrected chi connectivity index (χ1v) is 19.8. The SMILES string of the molecule is CCc1cc(CC)cc([Si](c2cc(C)cc(C)c2)(c2cc(Cc3ccccc3)cc(Cc3ccccc3)c2)C2(C)[C-]=C(C)C(C)=C2C)c1.[Cl-].[Cl-].[Cl-].[Ti+4]. The Hall–Kier alpha value is -2.62. The first-order chi connectivity index (χ1) is 23.1. The van der Waals surface area contributed by atoms with Crippen molar-refractivity contribution in [2.24, 2.45) is 0 Å². The molecule has 0 saturated carbocycles. The molecule has 5 aromatic carbocycles. The maximum absolute atomic E-state index is 4.22. The van der Waals surface area contributed by atoms with Crippen LogP contribution in [0, 0.1) is 19.9 Å². The van der Waals surface area contributed by atoms with E-state index in [0.717, 1.165) is 25.7 Å². The molecule has 1 aliphatic rings. The normalized spacial score (nSPS) is 16.0. The Bertz CT molecular complexity index is 1920. The largest absolute Gasteiger partial charge is 4.00 e. The molecular weight excluding hydrogens is 747 g/mol. The second-order valence-electron chi connectivity index (χ2n) is 14.4. The Balaban J connectivity index is 0.00000234. The number of hydrogen-bond donors (Lipinski definition) is 0. The Labute approximate surface area is 348 Å². The summed E-state index contributed by atoms with van der Waals surface area (Å²) in [6, 6.07) is 44.6. The molecule has 6 rings (SSSR count). The third kappa shape index (κ3) is 8.84. The van der Waals surface area contributed by atoms with Crippen LogP contribution in [0.25, 0.3) is 0 Å². The monoisotopic (exact) mass is 796 g/mol. The number of aryl methyl sites for hydroxylation is 4. The van der Waals surface area contributed by atoms with Gasteiger partial charge in [0.2, 0.25) is 0 Å². The van der Waals surface area contributed by atoms with Crippen molar-refractivity contribution in [3.8, 4) is 0 Å². The second kappa shape index (κ2) is 19.1. The molecule has 52 heavy (non-hydrogen) atoms. The maximum atomic E-state index is 4.22. The first-order valence-electron chi connectivity index (χ1n) is 17.8. The maximum Gasteiger partial charge on any atom is 4.00 e. The molecule has 0 amide bonds. The van der Waals surface area contributed by atoms with E-state index in [1.807, 2.05) is 0 Å². The van der Waals surface area contributed by atoms with Crippen LogP contribution in [0.2, 0.25) is 5.04 Å². The van der Waals surface area contributed by atoms with E-state index in [9.17, 15) is 0 Å². The molecule has 0 aliphatic heterocycles. The minimum atomic E-state index is -2.91. The Morgan fingerprint density at radius 1 is 0.500 bits per heavy atom. The summed E-state index contributed by atoms with van der Waals surface area (Å²) >= 11 is 0. The fourth-order valence-corrected chi connectivity index (χ4v) is 14.7. The summed E-state index contributed by atoms with van der Waals surface area (Å²) in [6.07, 6.45) is 8.09. The van der Waals surface area contributed by atoms with Crippen LogP contribution in [-0.2, 0) is 47.4 Å². The zero-order valence-electron chi connectivity index (χ0n) is 31.9. The van der Waals surface area contributed by atoms with Gasteiger partial charge in [0.05, 0.1) is 0 Å². The van der Waals surface area contributed by atoms with E-state index in [1.54, 1.807) is 0 Å². The molecular formula is C47H51Cl3SiTi. The van der Waals surface area contributed by atoms with E-state index < -0.39 is 8.07 Å². The molecule has 0 saturated heterocycles. The van der Waals surface area contributed by atoms with Gasteiger partial charge in [-0.25, -0.2) is 5.57 Å². The second-order valence-corrected chi connectivity index (χ2v) is 18.6. The van der Waals surface area contributed by atoms with E-state index in [0.29, 0.717) is 0 Å². The van der Waals surface area contributed by atoms with Crippen molar-refractivity contribution >= 4 is 23.6 Å². The average Bonchev–Trinajstić information content (AvgIpc) is 3.27. The van der Waals surface area contributed by atoms with Gasteiger partial charge in [0.15, 0.2) is 0 Å². The number of rotatable bonds is 10. The predicted octanol–water partition coefficient (Wildman–Crippen LogP) is 0.949. The molecule has 5 heteroatoms. The molecule has 1 aliphatic carbocycles. The fourth-order valence-electron chi connectivity index (χ4n) is 8.38. The van der Waals surface area contributed by atoms with Crippen LogP contribution in [0.15, 0.2) is 132 Å². The van der Waals surface area contributed by atoms with E-state index in [-0.39, 0.29) is 64.0 Å². The van der Waals surface area contributed by atoms with Crippen LogP contribution in [0.4, 0.5) is 0 Å². The minimum Gasteiger partial charge on any atom is -1.00 e. The molecule has 0 heterocycles. The van der Waals surface area contributed by atoms with Crippen molar-refractivity contribution in [3.05, 3.63) is 183 Å². The molecule has 0 aromatic heterocycles. The van der Waals surface area contributed by atoms with E-state index in [2.05, 4.69) is 177 Å². The molecule has 2 atom stereocenters. The van der Waals surface area contributed by atoms with Gasteiger partial charge >= 0.3 is 21.7 Å². The van der Waals surface area contributed by atoms with Crippen LogP contribution in [0.5, 0.6) is 0 Å². The van der Waals surface area contributed by atoms with Gasteiger partial charge in [0, 0.05) is 0 Å².